The van der Waals surface area contributed by atoms with Crippen molar-refractivity contribution in [1.82, 2.24) is 4.31 Å². The zero-order valence-electron chi connectivity index (χ0n) is 15.2. The molecular formula is C18H20N2O7S. The first kappa shape index (κ1) is 21.6. The molecule has 2 atom stereocenters. The molecule has 10 heteroatoms. The summed E-state index contributed by atoms with van der Waals surface area (Å²) in [5.41, 5.74) is 0.227. The van der Waals surface area contributed by atoms with Crippen LogP contribution < -0.4 is 4.74 Å². The first-order chi connectivity index (χ1) is 13.3. The van der Waals surface area contributed by atoms with Crippen LogP contribution in [0.15, 0.2) is 53.4 Å². The molecule has 2 aromatic rings. The maximum Gasteiger partial charge on any atom is 0.324 e. The molecule has 0 saturated carbocycles. The third-order valence-electron chi connectivity index (χ3n) is 3.81. The van der Waals surface area contributed by atoms with Crippen LogP contribution in [-0.2, 0) is 9.53 Å². The number of hydrogen-bond acceptors (Lipinski definition) is 8. The van der Waals surface area contributed by atoms with E-state index in [2.05, 4.69) is 0 Å². The van der Waals surface area contributed by atoms with Crippen molar-refractivity contribution in [3.63, 3.8) is 0 Å². The molecule has 2 N–H and O–H groups in total. The van der Waals surface area contributed by atoms with Crippen LogP contribution in [-0.4, -0.2) is 52.4 Å². The molecule has 0 radical (unpaired) electrons. The van der Waals surface area contributed by atoms with Gasteiger partial charge in [0, 0.05) is 13.2 Å². The largest absolute Gasteiger partial charge is 0.480 e. The molecule has 0 aliphatic carbocycles. The minimum absolute atomic E-state index is 0.0644. The Bertz CT molecular complexity index is 816. The third-order valence-corrected chi connectivity index (χ3v) is 4.87. The van der Waals surface area contributed by atoms with Crippen molar-refractivity contribution in [3.05, 3.63) is 64.2 Å². The average Bonchev–Trinajstić information content (AvgIpc) is 2.66. The highest BCUT2D eigenvalue weighted by molar-refractivity contribution is 7.97. The smallest absolute Gasteiger partial charge is 0.324 e. The SMILES string of the molecule is COCOc1ccc(C(O)[C@@H](C(=O)O)N(C)Sc2ccccc2[N+](=O)[O-])cc1. The van der Waals surface area contributed by atoms with E-state index in [-0.39, 0.29) is 17.4 Å². The molecule has 2 rings (SSSR count). The number of para-hydroxylation sites is 1. The Morgan fingerprint density at radius 1 is 1.25 bits per heavy atom. The van der Waals surface area contributed by atoms with Crippen LogP contribution in [0.3, 0.4) is 0 Å². The Kier molecular flexibility index (Phi) is 7.76. The number of likely N-dealkylation sites (N-methyl/N-ethyl adjacent to an activating group) is 1. The van der Waals surface area contributed by atoms with Crippen molar-refractivity contribution in [3.8, 4) is 5.75 Å². The predicted octanol–water partition coefficient (Wildman–Crippen LogP) is 2.70. The van der Waals surface area contributed by atoms with Crippen LogP contribution >= 0.6 is 11.9 Å². The van der Waals surface area contributed by atoms with Gasteiger partial charge in [0.2, 0.25) is 0 Å². The molecule has 0 heterocycles. The molecule has 0 aromatic heterocycles. The molecule has 9 nitrogen and oxygen atoms in total. The minimum Gasteiger partial charge on any atom is -0.480 e. The Morgan fingerprint density at radius 3 is 2.46 bits per heavy atom. The molecule has 0 amide bonds. The van der Waals surface area contributed by atoms with Gasteiger partial charge in [0.15, 0.2) is 6.79 Å². The summed E-state index contributed by atoms with van der Waals surface area (Å²) in [4.78, 5) is 22.7. The summed E-state index contributed by atoms with van der Waals surface area (Å²) in [7, 11) is 2.94. The zero-order valence-corrected chi connectivity index (χ0v) is 16.0. The molecule has 0 saturated heterocycles. The zero-order chi connectivity index (χ0) is 20.7. The van der Waals surface area contributed by atoms with E-state index in [1.54, 1.807) is 30.3 Å². The molecule has 1 unspecified atom stereocenters. The topological polar surface area (TPSA) is 122 Å². The second-order valence-electron chi connectivity index (χ2n) is 5.71. The molecular weight excluding hydrogens is 388 g/mol. The van der Waals surface area contributed by atoms with Gasteiger partial charge in [0.05, 0.1) is 4.92 Å². The van der Waals surface area contributed by atoms with Gasteiger partial charge in [-0.1, -0.05) is 24.3 Å². The summed E-state index contributed by atoms with van der Waals surface area (Å²) in [6.45, 7) is 0.0644. The van der Waals surface area contributed by atoms with Gasteiger partial charge in [-0.05, 0) is 42.8 Å². The maximum atomic E-state index is 11.8. The quantitative estimate of drug-likeness (QED) is 0.264. The van der Waals surface area contributed by atoms with E-state index in [9.17, 15) is 25.1 Å². The fraction of sp³-hybridized carbons (Fsp3) is 0.278. The van der Waals surface area contributed by atoms with E-state index in [1.807, 2.05) is 0 Å². The summed E-state index contributed by atoms with van der Waals surface area (Å²) < 4.78 is 11.3. The highest BCUT2D eigenvalue weighted by Crippen LogP contribution is 2.34. The Balaban J connectivity index is 2.20. The minimum atomic E-state index is -1.37. The van der Waals surface area contributed by atoms with Crippen molar-refractivity contribution in [1.29, 1.82) is 0 Å². The third kappa shape index (κ3) is 5.42. The van der Waals surface area contributed by atoms with Gasteiger partial charge in [-0.2, -0.15) is 0 Å². The number of aliphatic carboxylic acids is 1. The second kappa shape index (κ2) is 10.0. The van der Waals surface area contributed by atoms with E-state index >= 15 is 0 Å². The van der Waals surface area contributed by atoms with Crippen molar-refractivity contribution < 1.29 is 29.4 Å². The van der Waals surface area contributed by atoms with Crippen LogP contribution in [0.4, 0.5) is 5.69 Å². The number of aliphatic hydroxyl groups is 1. The summed E-state index contributed by atoms with van der Waals surface area (Å²) >= 11 is 0.882. The molecule has 0 aliphatic rings. The van der Waals surface area contributed by atoms with Crippen LogP contribution in [0.25, 0.3) is 0 Å². The van der Waals surface area contributed by atoms with Crippen molar-refractivity contribution in [2.45, 2.75) is 17.0 Å². The highest BCUT2D eigenvalue weighted by Gasteiger charge is 2.33. The lowest BCUT2D eigenvalue weighted by Gasteiger charge is -2.27. The van der Waals surface area contributed by atoms with Crippen LogP contribution in [0.5, 0.6) is 5.75 Å². The van der Waals surface area contributed by atoms with Gasteiger partial charge in [0.25, 0.3) is 5.69 Å². The summed E-state index contributed by atoms with van der Waals surface area (Å²) in [6.07, 6.45) is -1.37. The van der Waals surface area contributed by atoms with Crippen LogP contribution in [0, 0.1) is 10.1 Å². The van der Waals surface area contributed by atoms with E-state index in [0.717, 1.165) is 11.9 Å². The molecule has 0 fully saturated rings. The lowest BCUT2D eigenvalue weighted by Crippen LogP contribution is -2.39. The van der Waals surface area contributed by atoms with E-state index in [4.69, 9.17) is 9.47 Å². The van der Waals surface area contributed by atoms with Gasteiger partial charge >= 0.3 is 5.97 Å². The Hall–Kier alpha value is -2.66. The first-order valence-corrected chi connectivity index (χ1v) is 8.89. The second-order valence-corrected chi connectivity index (χ2v) is 6.91. The monoisotopic (exact) mass is 408 g/mol. The van der Waals surface area contributed by atoms with Crippen LogP contribution in [0.1, 0.15) is 11.7 Å². The number of methoxy groups -OCH3 is 1. The fourth-order valence-corrected chi connectivity index (χ4v) is 3.46. The number of rotatable bonds is 10. The van der Waals surface area contributed by atoms with E-state index < -0.39 is 23.0 Å². The molecule has 150 valence electrons. The van der Waals surface area contributed by atoms with Gasteiger partial charge in [-0.15, -0.1) is 0 Å². The number of benzene rings is 2. The maximum absolute atomic E-state index is 11.8. The number of hydrogen-bond donors (Lipinski definition) is 2. The number of carboxylic acids is 1. The fourth-order valence-electron chi connectivity index (χ4n) is 2.46. The number of ether oxygens (including phenoxy) is 2. The number of aliphatic hydroxyl groups excluding tert-OH is 1. The van der Waals surface area contributed by atoms with Gasteiger partial charge in [0.1, 0.15) is 22.8 Å². The lowest BCUT2D eigenvalue weighted by atomic mass is 10.0. The lowest BCUT2D eigenvalue weighted by molar-refractivity contribution is -0.387. The molecule has 0 aliphatic heterocycles. The predicted molar refractivity (Wildman–Crippen MR) is 102 cm³/mol. The Labute approximate surface area is 165 Å². The molecule has 28 heavy (non-hydrogen) atoms. The molecule has 0 bridgehead atoms. The molecule has 0 spiro atoms. The number of carbonyl (C=O) groups is 1. The van der Waals surface area contributed by atoms with E-state index in [1.165, 1.54) is 36.7 Å². The Morgan fingerprint density at radius 2 is 1.89 bits per heavy atom. The average molecular weight is 408 g/mol. The highest BCUT2D eigenvalue weighted by atomic mass is 32.2. The summed E-state index contributed by atoms with van der Waals surface area (Å²) in [6, 6.07) is 10.9. The standard InChI is InChI=1S/C18H20N2O7S/c1-19(28-15-6-4-3-5-14(15)20(24)25)16(18(22)23)17(21)12-7-9-13(10-8-12)27-11-26-2/h3-10,16-17,21H,11H2,1-2H3,(H,22,23)/t16-,17?/m0/s1. The number of nitrogens with zero attached hydrogens (tertiary/aromatic N) is 2. The number of carboxylic acid groups (broad SMARTS) is 1. The number of nitro benzene ring substituents is 1. The van der Waals surface area contributed by atoms with Gasteiger partial charge in [-0.25, -0.2) is 4.31 Å². The van der Waals surface area contributed by atoms with Gasteiger partial charge in [-0.3, -0.25) is 14.9 Å². The molecule has 2 aromatic carbocycles. The van der Waals surface area contributed by atoms with Crippen molar-refractivity contribution in [2.75, 3.05) is 21.0 Å². The van der Waals surface area contributed by atoms with Crippen molar-refractivity contribution in [2.24, 2.45) is 0 Å². The first-order valence-electron chi connectivity index (χ1n) is 8.12. The van der Waals surface area contributed by atoms with Crippen molar-refractivity contribution >= 4 is 23.6 Å². The summed E-state index contributed by atoms with van der Waals surface area (Å²) in [5, 5.41) is 31.4. The summed E-state index contributed by atoms with van der Waals surface area (Å²) in [5.74, 6) is -0.756. The number of nitro groups is 1. The normalized spacial score (nSPS) is 13.1. The van der Waals surface area contributed by atoms with E-state index in [0.29, 0.717) is 11.3 Å². The van der Waals surface area contributed by atoms with Gasteiger partial charge < -0.3 is 19.7 Å². The van der Waals surface area contributed by atoms with Crippen LogP contribution in [0.2, 0.25) is 0 Å².